The van der Waals surface area contributed by atoms with Crippen molar-refractivity contribution < 1.29 is 8.78 Å². The summed E-state index contributed by atoms with van der Waals surface area (Å²) >= 11 is 0. The number of aryl methyl sites for hydroxylation is 1. The molecular weight excluding hydrogens is 160 g/mol. The van der Waals surface area contributed by atoms with E-state index < -0.39 is 11.6 Å². The quantitative estimate of drug-likeness (QED) is 0.603. The highest BCUT2D eigenvalue weighted by molar-refractivity contribution is 5.28. The molecule has 0 heterocycles. The van der Waals surface area contributed by atoms with Gasteiger partial charge in [0.1, 0.15) is 11.6 Å². The van der Waals surface area contributed by atoms with Crippen LogP contribution in [0.1, 0.15) is 11.1 Å². The fourth-order valence-corrected chi connectivity index (χ4v) is 0.993. The minimum Gasteiger partial charge on any atom is -0.296 e. The summed E-state index contributed by atoms with van der Waals surface area (Å²) in [5.74, 6) is -1.11. The van der Waals surface area contributed by atoms with Crippen molar-refractivity contribution >= 4 is 6.72 Å². The molecule has 0 aromatic heterocycles. The van der Waals surface area contributed by atoms with Crippen LogP contribution in [0.15, 0.2) is 17.1 Å². The minimum atomic E-state index is -0.556. The van der Waals surface area contributed by atoms with Gasteiger partial charge in [0.25, 0.3) is 0 Å². The molecule has 64 valence electrons. The van der Waals surface area contributed by atoms with Gasteiger partial charge in [-0.3, -0.25) is 4.99 Å². The lowest BCUT2D eigenvalue weighted by Crippen LogP contribution is -1.94. The van der Waals surface area contributed by atoms with Gasteiger partial charge in [0.05, 0.1) is 6.54 Å². The molecule has 1 nitrogen and oxygen atoms in total. The van der Waals surface area contributed by atoms with E-state index in [1.54, 1.807) is 6.92 Å². The monoisotopic (exact) mass is 169 g/mol. The van der Waals surface area contributed by atoms with Crippen molar-refractivity contribution in [1.29, 1.82) is 0 Å². The molecule has 0 aliphatic heterocycles. The molecule has 1 aromatic carbocycles. The summed E-state index contributed by atoms with van der Waals surface area (Å²) in [5, 5.41) is 0. The van der Waals surface area contributed by atoms with Crippen LogP contribution in [0.25, 0.3) is 0 Å². The van der Waals surface area contributed by atoms with Crippen molar-refractivity contribution in [3.8, 4) is 0 Å². The lowest BCUT2D eigenvalue weighted by molar-refractivity contribution is 0.555. The predicted octanol–water partition coefficient (Wildman–Crippen LogP) is 2.47. The first kappa shape index (κ1) is 8.84. The van der Waals surface area contributed by atoms with E-state index in [9.17, 15) is 8.78 Å². The fraction of sp³-hybridized carbons (Fsp3) is 0.222. The Balaban J connectivity index is 3.18. The van der Waals surface area contributed by atoms with Crippen molar-refractivity contribution in [2.75, 3.05) is 0 Å². The Kier molecular flexibility index (Phi) is 2.53. The summed E-state index contributed by atoms with van der Waals surface area (Å²) in [4.78, 5) is 3.43. The highest BCUT2D eigenvalue weighted by Crippen LogP contribution is 2.15. The highest BCUT2D eigenvalue weighted by atomic mass is 19.1. The molecule has 0 saturated carbocycles. The number of halogens is 2. The van der Waals surface area contributed by atoms with Gasteiger partial charge in [0.15, 0.2) is 0 Å². The molecule has 1 rings (SSSR count). The number of rotatable bonds is 2. The Hall–Kier alpha value is -1.25. The third-order valence-electron chi connectivity index (χ3n) is 1.56. The van der Waals surface area contributed by atoms with Gasteiger partial charge in [-0.1, -0.05) is 0 Å². The molecule has 12 heavy (non-hydrogen) atoms. The second-order valence-electron chi connectivity index (χ2n) is 2.59. The molecule has 1 aromatic rings. The van der Waals surface area contributed by atoms with Gasteiger partial charge in [-0.25, -0.2) is 8.78 Å². The van der Waals surface area contributed by atoms with Crippen LogP contribution in [0.4, 0.5) is 8.78 Å². The standard InChI is InChI=1S/C9H9F2N/c1-6-3-8(10)7(5-12-2)9(11)4-6/h3-4H,2,5H2,1H3. The van der Waals surface area contributed by atoms with E-state index in [-0.39, 0.29) is 12.1 Å². The third-order valence-corrected chi connectivity index (χ3v) is 1.56. The molecule has 0 bridgehead atoms. The summed E-state index contributed by atoms with van der Waals surface area (Å²) in [6.45, 7) is 4.80. The molecular formula is C9H9F2N. The molecule has 0 N–H and O–H groups in total. The first-order valence-corrected chi connectivity index (χ1v) is 3.52. The zero-order valence-corrected chi connectivity index (χ0v) is 6.77. The third kappa shape index (κ3) is 1.67. The van der Waals surface area contributed by atoms with Gasteiger partial charge in [-0.05, 0) is 31.3 Å². The largest absolute Gasteiger partial charge is 0.296 e. The Bertz CT molecular complexity index is 284. The van der Waals surface area contributed by atoms with Gasteiger partial charge in [-0.15, -0.1) is 0 Å². The van der Waals surface area contributed by atoms with Gasteiger partial charge in [-0.2, -0.15) is 0 Å². The van der Waals surface area contributed by atoms with E-state index in [4.69, 9.17) is 0 Å². The summed E-state index contributed by atoms with van der Waals surface area (Å²) in [5.41, 5.74) is 0.549. The van der Waals surface area contributed by atoms with Crippen LogP contribution >= 0.6 is 0 Å². The molecule has 0 spiro atoms. The molecule has 0 unspecified atom stereocenters. The fourth-order valence-electron chi connectivity index (χ4n) is 0.993. The van der Waals surface area contributed by atoms with Crippen molar-refractivity contribution in [1.82, 2.24) is 0 Å². The number of hydrogen-bond acceptors (Lipinski definition) is 1. The Labute approximate surface area is 69.8 Å². The lowest BCUT2D eigenvalue weighted by atomic mass is 10.1. The van der Waals surface area contributed by atoms with Crippen molar-refractivity contribution in [2.24, 2.45) is 4.99 Å². The van der Waals surface area contributed by atoms with E-state index in [0.29, 0.717) is 5.56 Å². The molecule has 0 aliphatic carbocycles. The van der Waals surface area contributed by atoms with Crippen LogP contribution in [0, 0.1) is 18.6 Å². The predicted molar refractivity (Wildman–Crippen MR) is 44.3 cm³/mol. The van der Waals surface area contributed by atoms with Crippen LogP contribution in [0.3, 0.4) is 0 Å². The van der Waals surface area contributed by atoms with E-state index in [1.807, 2.05) is 0 Å². The lowest BCUT2D eigenvalue weighted by Gasteiger charge is -2.02. The first-order chi connectivity index (χ1) is 5.65. The first-order valence-electron chi connectivity index (χ1n) is 3.52. The molecule has 0 radical (unpaired) electrons. The van der Waals surface area contributed by atoms with Gasteiger partial charge >= 0.3 is 0 Å². The summed E-state index contributed by atoms with van der Waals surface area (Å²) in [6.07, 6.45) is 0. The number of hydrogen-bond donors (Lipinski definition) is 0. The summed E-state index contributed by atoms with van der Waals surface area (Å²) in [6, 6.07) is 2.56. The van der Waals surface area contributed by atoms with E-state index >= 15 is 0 Å². The van der Waals surface area contributed by atoms with Crippen LogP contribution in [-0.4, -0.2) is 6.72 Å². The second kappa shape index (κ2) is 3.43. The number of benzene rings is 1. The normalized spacial score (nSPS) is 9.92. The van der Waals surface area contributed by atoms with E-state index in [1.165, 1.54) is 12.1 Å². The molecule has 0 fully saturated rings. The average molecular weight is 169 g/mol. The second-order valence-corrected chi connectivity index (χ2v) is 2.59. The number of nitrogens with zero attached hydrogens (tertiary/aromatic N) is 1. The summed E-state index contributed by atoms with van der Waals surface area (Å²) < 4.78 is 25.9. The zero-order chi connectivity index (χ0) is 9.14. The van der Waals surface area contributed by atoms with Gasteiger partial charge in [0, 0.05) is 5.56 Å². The maximum Gasteiger partial charge on any atom is 0.131 e. The molecule has 0 saturated heterocycles. The SMILES string of the molecule is C=NCc1c(F)cc(C)cc1F. The van der Waals surface area contributed by atoms with Crippen molar-refractivity contribution in [2.45, 2.75) is 13.5 Å². The van der Waals surface area contributed by atoms with E-state index in [2.05, 4.69) is 11.7 Å². The molecule has 3 heteroatoms. The maximum absolute atomic E-state index is 13.0. The Morgan fingerprint density at radius 1 is 1.33 bits per heavy atom. The minimum absolute atomic E-state index is 0.0159. The topological polar surface area (TPSA) is 12.4 Å². The van der Waals surface area contributed by atoms with Crippen LogP contribution in [0.2, 0.25) is 0 Å². The maximum atomic E-state index is 13.0. The Morgan fingerprint density at radius 2 is 1.83 bits per heavy atom. The smallest absolute Gasteiger partial charge is 0.131 e. The highest BCUT2D eigenvalue weighted by Gasteiger charge is 2.07. The van der Waals surface area contributed by atoms with Crippen molar-refractivity contribution in [3.63, 3.8) is 0 Å². The number of aliphatic imine (C=N–C) groups is 1. The van der Waals surface area contributed by atoms with Gasteiger partial charge in [0.2, 0.25) is 0 Å². The zero-order valence-electron chi connectivity index (χ0n) is 6.77. The molecule has 0 amide bonds. The summed E-state index contributed by atoms with van der Waals surface area (Å²) in [7, 11) is 0. The molecule has 0 atom stereocenters. The van der Waals surface area contributed by atoms with Crippen LogP contribution in [0.5, 0.6) is 0 Å². The molecule has 0 aliphatic rings. The average Bonchev–Trinajstić information content (AvgIpc) is 1.96. The van der Waals surface area contributed by atoms with Crippen molar-refractivity contribution in [3.05, 3.63) is 34.9 Å². The van der Waals surface area contributed by atoms with E-state index in [0.717, 1.165) is 0 Å². The Morgan fingerprint density at radius 3 is 2.25 bits per heavy atom. The van der Waals surface area contributed by atoms with Crippen LogP contribution < -0.4 is 0 Å². The van der Waals surface area contributed by atoms with Crippen LogP contribution in [-0.2, 0) is 6.54 Å². The van der Waals surface area contributed by atoms with Gasteiger partial charge < -0.3 is 0 Å².